The van der Waals surface area contributed by atoms with Crippen LogP contribution in [-0.4, -0.2) is 18.4 Å². The van der Waals surface area contributed by atoms with E-state index in [-0.39, 0.29) is 30.1 Å². The quantitative estimate of drug-likeness (QED) is 0.901. The number of carbonyl (C=O) groups excluding carboxylic acids is 2. The Labute approximate surface area is 147 Å². The van der Waals surface area contributed by atoms with Gasteiger partial charge in [0.25, 0.3) is 5.91 Å². The summed E-state index contributed by atoms with van der Waals surface area (Å²) in [5.74, 6) is -1.14. The lowest BCUT2D eigenvalue weighted by molar-refractivity contribution is -0.117. The zero-order valence-electron chi connectivity index (χ0n) is 14.8. The summed E-state index contributed by atoms with van der Waals surface area (Å²) < 4.78 is 13.2. The first-order chi connectivity index (χ1) is 11.7. The molecule has 0 saturated carbocycles. The van der Waals surface area contributed by atoms with Crippen molar-refractivity contribution in [1.29, 1.82) is 0 Å². The second-order valence-electron chi connectivity index (χ2n) is 6.98. The number of hydrogen-bond acceptors (Lipinski definition) is 2. The summed E-state index contributed by atoms with van der Waals surface area (Å²) in [7, 11) is 0. The lowest BCUT2D eigenvalue weighted by atomic mass is 9.86. The molecule has 2 aromatic rings. The van der Waals surface area contributed by atoms with Crippen molar-refractivity contribution >= 4 is 17.5 Å². The second kappa shape index (κ2) is 7.47. The van der Waals surface area contributed by atoms with Gasteiger partial charge in [0, 0.05) is 24.2 Å². The molecule has 4 nitrogen and oxygen atoms in total. The third-order valence-corrected chi connectivity index (χ3v) is 3.96. The highest BCUT2D eigenvalue weighted by Crippen LogP contribution is 2.24. The topological polar surface area (TPSA) is 63.4 Å². The molecule has 2 rings (SSSR count). The smallest absolute Gasteiger partial charge is 0.258 e. The fourth-order valence-corrected chi connectivity index (χ4v) is 2.46. The van der Waals surface area contributed by atoms with Gasteiger partial charge in [0.05, 0.1) is 0 Å². The SMILES string of the molecule is CC(C)(C)c1ccc(C(=O)N(CCC(N)=O)c2ccc(F)cc2)cc1. The second-order valence-corrected chi connectivity index (χ2v) is 6.98. The van der Waals surface area contributed by atoms with Crippen LogP contribution in [0.4, 0.5) is 10.1 Å². The largest absolute Gasteiger partial charge is 0.370 e. The van der Waals surface area contributed by atoms with Gasteiger partial charge < -0.3 is 10.6 Å². The minimum Gasteiger partial charge on any atom is -0.370 e. The van der Waals surface area contributed by atoms with E-state index in [1.807, 2.05) is 12.1 Å². The number of benzene rings is 2. The first-order valence-electron chi connectivity index (χ1n) is 8.15. The van der Waals surface area contributed by atoms with Crippen LogP contribution in [0, 0.1) is 5.82 Å². The maximum Gasteiger partial charge on any atom is 0.258 e. The Morgan fingerprint density at radius 3 is 2.04 bits per heavy atom. The number of rotatable bonds is 5. The van der Waals surface area contributed by atoms with Crippen molar-refractivity contribution in [2.24, 2.45) is 5.73 Å². The summed E-state index contributed by atoms with van der Waals surface area (Å²) in [4.78, 5) is 25.5. The molecule has 25 heavy (non-hydrogen) atoms. The third-order valence-electron chi connectivity index (χ3n) is 3.96. The van der Waals surface area contributed by atoms with Crippen LogP contribution >= 0.6 is 0 Å². The van der Waals surface area contributed by atoms with E-state index in [2.05, 4.69) is 20.8 Å². The van der Waals surface area contributed by atoms with E-state index in [4.69, 9.17) is 5.73 Å². The van der Waals surface area contributed by atoms with Crippen LogP contribution in [0.3, 0.4) is 0 Å². The van der Waals surface area contributed by atoms with Crippen molar-refractivity contribution < 1.29 is 14.0 Å². The molecule has 0 heterocycles. The fraction of sp³-hybridized carbons (Fsp3) is 0.300. The summed E-state index contributed by atoms with van der Waals surface area (Å²) in [6.45, 7) is 6.44. The van der Waals surface area contributed by atoms with Gasteiger partial charge in [-0.25, -0.2) is 4.39 Å². The molecule has 0 radical (unpaired) electrons. The van der Waals surface area contributed by atoms with Gasteiger partial charge in [-0.3, -0.25) is 9.59 Å². The van der Waals surface area contributed by atoms with Gasteiger partial charge in [0.1, 0.15) is 5.82 Å². The van der Waals surface area contributed by atoms with E-state index in [1.54, 1.807) is 12.1 Å². The van der Waals surface area contributed by atoms with Gasteiger partial charge in [-0.1, -0.05) is 32.9 Å². The van der Waals surface area contributed by atoms with Gasteiger partial charge in [0.15, 0.2) is 0 Å². The van der Waals surface area contributed by atoms with E-state index in [9.17, 15) is 14.0 Å². The molecule has 0 atom stereocenters. The monoisotopic (exact) mass is 342 g/mol. The van der Waals surface area contributed by atoms with Crippen LogP contribution in [0.1, 0.15) is 43.1 Å². The Bertz CT molecular complexity index is 747. The van der Waals surface area contributed by atoms with Crippen molar-refractivity contribution in [1.82, 2.24) is 0 Å². The van der Waals surface area contributed by atoms with Gasteiger partial charge in [-0.15, -0.1) is 0 Å². The predicted octanol–water partition coefficient (Wildman–Crippen LogP) is 3.65. The standard InChI is InChI=1S/C20H23FN2O2/c1-20(2,3)15-6-4-14(5-7-15)19(25)23(13-12-18(22)24)17-10-8-16(21)9-11-17/h4-11H,12-13H2,1-3H3,(H2,22,24). The lowest BCUT2D eigenvalue weighted by Crippen LogP contribution is -2.34. The Hall–Kier alpha value is -2.69. The molecule has 0 bridgehead atoms. The molecule has 132 valence electrons. The Balaban J connectivity index is 2.31. The first-order valence-corrected chi connectivity index (χ1v) is 8.15. The van der Waals surface area contributed by atoms with E-state index in [0.29, 0.717) is 11.3 Å². The molecule has 0 aromatic heterocycles. The number of halogens is 1. The number of primary amides is 1. The minimum absolute atomic E-state index is 0.00973. The molecule has 2 aromatic carbocycles. The average molecular weight is 342 g/mol. The van der Waals surface area contributed by atoms with Crippen LogP contribution in [-0.2, 0) is 10.2 Å². The van der Waals surface area contributed by atoms with Crippen LogP contribution in [0.5, 0.6) is 0 Å². The Morgan fingerprint density at radius 2 is 1.56 bits per heavy atom. The molecule has 2 amide bonds. The molecule has 0 unspecified atom stereocenters. The van der Waals surface area contributed by atoms with Crippen LogP contribution in [0.2, 0.25) is 0 Å². The minimum atomic E-state index is -0.497. The molecule has 5 heteroatoms. The average Bonchev–Trinajstić information content (AvgIpc) is 2.55. The maximum atomic E-state index is 13.2. The number of nitrogens with two attached hydrogens (primary N) is 1. The number of carbonyl (C=O) groups is 2. The molecular formula is C20H23FN2O2. The molecule has 0 aliphatic heterocycles. The first kappa shape index (κ1) is 18.6. The number of hydrogen-bond donors (Lipinski definition) is 1. The normalized spacial score (nSPS) is 11.2. The Kier molecular flexibility index (Phi) is 5.57. The van der Waals surface area contributed by atoms with E-state index in [1.165, 1.54) is 29.2 Å². The zero-order chi connectivity index (χ0) is 18.6. The highest BCUT2D eigenvalue weighted by atomic mass is 19.1. The molecule has 0 aliphatic rings. The van der Waals surface area contributed by atoms with Crippen LogP contribution in [0.25, 0.3) is 0 Å². The summed E-state index contributed by atoms with van der Waals surface area (Å²) in [5.41, 5.74) is 7.35. The molecule has 2 N–H and O–H groups in total. The summed E-state index contributed by atoms with van der Waals surface area (Å²) in [6.07, 6.45) is 0.0309. The summed E-state index contributed by atoms with van der Waals surface area (Å²) in [6, 6.07) is 13.0. The van der Waals surface area contributed by atoms with Crippen LogP contribution in [0.15, 0.2) is 48.5 Å². The van der Waals surface area contributed by atoms with Gasteiger partial charge in [-0.05, 0) is 47.4 Å². The van der Waals surface area contributed by atoms with Crippen LogP contribution < -0.4 is 10.6 Å². The van der Waals surface area contributed by atoms with Crippen molar-refractivity contribution in [3.8, 4) is 0 Å². The van der Waals surface area contributed by atoms with E-state index >= 15 is 0 Å². The van der Waals surface area contributed by atoms with Crippen molar-refractivity contribution in [3.05, 3.63) is 65.5 Å². The van der Waals surface area contributed by atoms with Gasteiger partial charge in [-0.2, -0.15) is 0 Å². The van der Waals surface area contributed by atoms with E-state index in [0.717, 1.165) is 5.56 Å². The molecule has 0 saturated heterocycles. The van der Waals surface area contributed by atoms with Gasteiger partial charge >= 0.3 is 0 Å². The molecule has 0 spiro atoms. The highest BCUT2D eigenvalue weighted by Gasteiger charge is 2.20. The van der Waals surface area contributed by atoms with E-state index < -0.39 is 5.91 Å². The Morgan fingerprint density at radius 1 is 1.00 bits per heavy atom. The third kappa shape index (κ3) is 4.89. The summed E-state index contributed by atoms with van der Waals surface area (Å²) >= 11 is 0. The number of nitrogens with zero attached hydrogens (tertiary/aromatic N) is 1. The van der Waals surface area contributed by atoms with Crippen molar-refractivity contribution in [2.45, 2.75) is 32.6 Å². The summed E-state index contributed by atoms with van der Waals surface area (Å²) in [5, 5.41) is 0. The highest BCUT2D eigenvalue weighted by molar-refractivity contribution is 6.06. The predicted molar refractivity (Wildman–Crippen MR) is 97.0 cm³/mol. The van der Waals surface area contributed by atoms with Crippen molar-refractivity contribution in [2.75, 3.05) is 11.4 Å². The number of amides is 2. The maximum absolute atomic E-state index is 13.2. The van der Waals surface area contributed by atoms with Gasteiger partial charge in [0.2, 0.25) is 5.91 Å². The molecular weight excluding hydrogens is 319 g/mol. The zero-order valence-corrected chi connectivity index (χ0v) is 14.8. The fourth-order valence-electron chi connectivity index (χ4n) is 2.46. The number of anilines is 1. The molecule has 0 fully saturated rings. The molecule has 0 aliphatic carbocycles. The lowest BCUT2D eigenvalue weighted by Gasteiger charge is -2.23. The van der Waals surface area contributed by atoms with Crippen molar-refractivity contribution in [3.63, 3.8) is 0 Å².